The molecule has 1 heteroatoms. The zero-order valence-electron chi connectivity index (χ0n) is 13.5. The quantitative estimate of drug-likeness (QED) is 0.794. The van der Waals surface area contributed by atoms with Crippen LogP contribution in [0.5, 0.6) is 0 Å². The Bertz CT molecular complexity index is 386. The fourth-order valence-electron chi connectivity index (χ4n) is 3.94. The Morgan fingerprint density at radius 2 is 2.00 bits per heavy atom. The molecule has 1 aromatic rings. The Labute approximate surface area is 125 Å². The van der Waals surface area contributed by atoms with Gasteiger partial charge in [0.05, 0.1) is 0 Å². The minimum absolute atomic E-state index is 0.552. The minimum Gasteiger partial charge on any atom is -0.316 e. The maximum absolute atomic E-state index is 3.64. The first kappa shape index (κ1) is 15.6. The second-order valence-corrected chi connectivity index (χ2v) is 6.77. The fraction of sp³-hybridized carbons (Fsp3) is 0.684. The van der Waals surface area contributed by atoms with E-state index in [1.54, 1.807) is 0 Å². The number of hydrogen-bond donors (Lipinski definition) is 1. The Morgan fingerprint density at radius 3 is 2.65 bits per heavy atom. The molecule has 0 amide bonds. The van der Waals surface area contributed by atoms with E-state index in [2.05, 4.69) is 56.4 Å². The van der Waals surface area contributed by atoms with Crippen LogP contribution in [0.15, 0.2) is 30.3 Å². The molecule has 112 valence electrons. The van der Waals surface area contributed by atoms with Crippen LogP contribution in [0.2, 0.25) is 0 Å². The van der Waals surface area contributed by atoms with Gasteiger partial charge in [0.2, 0.25) is 0 Å². The molecular weight excluding hydrogens is 242 g/mol. The van der Waals surface area contributed by atoms with Gasteiger partial charge in [-0.3, -0.25) is 0 Å². The van der Waals surface area contributed by atoms with Crippen LogP contribution in [0, 0.1) is 17.3 Å². The molecule has 3 unspecified atom stereocenters. The molecule has 0 aliphatic carbocycles. The summed E-state index contributed by atoms with van der Waals surface area (Å²) in [4.78, 5) is 0. The molecule has 0 saturated carbocycles. The SMILES string of the molecule is CCC(C)CC1(CC)CCNCC1Cc1ccccc1. The molecule has 0 radical (unpaired) electrons. The Kier molecular flexibility index (Phi) is 5.65. The molecule has 1 fully saturated rings. The van der Waals surface area contributed by atoms with Gasteiger partial charge in [-0.25, -0.2) is 0 Å². The number of benzene rings is 1. The van der Waals surface area contributed by atoms with Crippen molar-refractivity contribution in [2.45, 2.75) is 52.9 Å². The van der Waals surface area contributed by atoms with Crippen LogP contribution in [0.3, 0.4) is 0 Å². The summed E-state index contributed by atoms with van der Waals surface area (Å²) < 4.78 is 0. The van der Waals surface area contributed by atoms with Crippen molar-refractivity contribution in [3.63, 3.8) is 0 Å². The molecule has 1 saturated heterocycles. The Hall–Kier alpha value is -0.820. The van der Waals surface area contributed by atoms with Crippen LogP contribution in [0.25, 0.3) is 0 Å². The van der Waals surface area contributed by atoms with Crippen molar-refractivity contribution in [3.8, 4) is 0 Å². The van der Waals surface area contributed by atoms with E-state index in [-0.39, 0.29) is 0 Å². The van der Waals surface area contributed by atoms with Crippen molar-refractivity contribution in [1.82, 2.24) is 5.32 Å². The predicted octanol–water partition coefficient (Wildman–Crippen LogP) is 4.67. The summed E-state index contributed by atoms with van der Waals surface area (Å²) in [5.41, 5.74) is 2.06. The summed E-state index contributed by atoms with van der Waals surface area (Å²) in [6, 6.07) is 11.0. The van der Waals surface area contributed by atoms with Gasteiger partial charge in [0.15, 0.2) is 0 Å². The zero-order valence-corrected chi connectivity index (χ0v) is 13.5. The van der Waals surface area contributed by atoms with Crippen molar-refractivity contribution in [2.24, 2.45) is 17.3 Å². The van der Waals surface area contributed by atoms with Crippen molar-refractivity contribution < 1.29 is 0 Å². The molecule has 1 aliphatic heterocycles. The van der Waals surface area contributed by atoms with Gasteiger partial charge >= 0.3 is 0 Å². The number of rotatable bonds is 6. The van der Waals surface area contributed by atoms with Crippen LogP contribution >= 0.6 is 0 Å². The van der Waals surface area contributed by atoms with Gasteiger partial charge in [-0.15, -0.1) is 0 Å². The van der Waals surface area contributed by atoms with Crippen LogP contribution in [-0.4, -0.2) is 13.1 Å². The maximum Gasteiger partial charge on any atom is -0.00120 e. The third kappa shape index (κ3) is 3.63. The predicted molar refractivity (Wildman–Crippen MR) is 87.9 cm³/mol. The average Bonchev–Trinajstić information content (AvgIpc) is 2.50. The first-order valence-corrected chi connectivity index (χ1v) is 8.45. The Balaban J connectivity index is 2.13. The van der Waals surface area contributed by atoms with Crippen molar-refractivity contribution >= 4 is 0 Å². The summed E-state index contributed by atoms with van der Waals surface area (Å²) in [5.74, 6) is 1.64. The van der Waals surface area contributed by atoms with Crippen molar-refractivity contribution in [3.05, 3.63) is 35.9 Å². The smallest absolute Gasteiger partial charge is 0.00120 e. The second kappa shape index (κ2) is 7.26. The van der Waals surface area contributed by atoms with E-state index in [9.17, 15) is 0 Å². The lowest BCUT2D eigenvalue weighted by Gasteiger charge is -2.46. The van der Waals surface area contributed by atoms with E-state index < -0.39 is 0 Å². The molecule has 2 rings (SSSR count). The molecule has 0 bridgehead atoms. The summed E-state index contributed by atoms with van der Waals surface area (Å²) in [5, 5.41) is 3.64. The van der Waals surface area contributed by atoms with Crippen molar-refractivity contribution in [1.29, 1.82) is 0 Å². The summed E-state index contributed by atoms with van der Waals surface area (Å²) in [6.45, 7) is 9.57. The van der Waals surface area contributed by atoms with Crippen molar-refractivity contribution in [2.75, 3.05) is 13.1 Å². The highest BCUT2D eigenvalue weighted by Crippen LogP contribution is 2.44. The molecule has 1 N–H and O–H groups in total. The van der Waals surface area contributed by atoms with Gasteiger partial charge in [0, 0.05) is 0 Å². The minimum atomic E-state index is 0.552. The lowest BCUT2D eigenvalue weighted by Crippen LogP contribution is -2.46. The van der Waals surface area contributed by atoms with E-state index >= 15 is 0 Å². The maximum atomic E-state index is 3.64. The van der Waals surface area contributed by atoms with Gasteiger partial charge in [-0.1, -0.05) is 63.9 Å². The van der Waals surface area contributed by atoms with E-state index in [1.165, 1.54) is 50.8 Å². The highest BCUT2D eigenvalue weighted by Gasteiger charge is 2.39. The Morgan fingerprint density at radius 1 is 1.25 bits per heavy atom. The lowest BCUT2D eigenvalue weighted by atomic mass is 9.63. The highest BCUT2D eigenvalue weighted by molar-refractivity contribution is 5.16. The molecule has 0 spiro atoms. The van der Waals surface area contributed by atoms with E-state index in [4.69, 9.17) is 0 Å². The molecule has 1 aromatic carbocycles. The second-order valence-electron chi connectivity index (χ2n) is 6.77. The van der Waals surface area contributed by atoms with Crippen LogP contribution in [0.4, 0.5) is 0 Å². The molecule has 1 nitrogen and oxygen atoms in total. The molecule has 3 atom stereocenters. The largest absolute Gasteiger partial charge is 0.316 e. The average molecular weight is 273 g/mol. The van der Waals surface area contributed by atoms with Gasteiger partial charge < -0.3 is 5.32 Å². The molecule has 1 aliphatic rings. The first-order chi connectivity index (χ1) is 9.70. The summed E-state index contributed by atoms with van der Waals surface area (Å²) in [6.07, 6.45) is 6.63. The monoisotopic (exact) mass is 273 g/mol. The van der Waals surface area contributed by atoms with E-state index in [1.807, 2.05) is 0 Å². The van der Waals surface area contributed by atoms with E-state index in [0.29, 0.717) is 5.41 Å². The van der Waals surface area contributed by atoms with E-state index in [0.717, 1.165) is 11.8 Å². The van der Waals surface area contributed by atoms with Gasteiger partial charge in [-0.05, 0) is 55.2 Å². The van der Waals surface area contributed by atoms with Gasteiger partial charge in [0.1, 0.15) is 0 Å². The molecule has 0 aromatic heterocycles. The number of hydrogen-bond acceptors (Lipinski definition) is 1. The third-order valence-corrected chi connectivity index (χ3v) is 5.54. The summed E-state index contributed by atoms with van der Waals surface area (Å²) >= 11 is 0. The number of nitrogens with one attached hydrogen (secondary N) is 1. The number of piperidine rings is 1. The zero-order chi connectivity index (χ0) is 14.4. The molecule has 20 heavy (non-hydrogen) atoms. The molecular formula is C19H31N. The standard InChI is InChI=1S/C19H31N/c1-4-16(3)14-19(5-2)11-12-20-15-18(19)13-17-9-7-6-8-10-17/h6-10,16,18,20H,4-5,11-15H2,1-3H3. The van der Waals surface area contributed by atoms with Gasteiger partial charge in [-0.2, -0.15) is 0 Å². The van der Waals surface area contributed by atoms with Crippen LogP contribution in [-0.2, 0) is 6.42 Å². The lowest BCUT2D eigenvalue weighted by molar-refractivity contribution is 0.0702. The van der Waals surface area contributed by atoms with Crippen LogP contribution < -0.4 is 5.32 Å². The summed E-state index contributed by atoms with van der Waals surface area (Å²) in [7, 11) is 0. The van der Waals surface area contributed by atoms with Gasteiger partial charge in [0.25, 0.3) is 0 Å². The normalized spacial score (nSPS) is 28.2. The highest BCUT2D eigenvalue weighted by atomic mass is 14.9. The fourth-order valence-corrected chi connectivity index (χ4v) is 3.94. The third-order valence-electron chi connectivity index (χ3n) is 5.54. The van der Waals surface area contributed by atoms with Crippen LogP contribution in [0.1, 0.15) is 52.0 Å². The topological polar surface area (TPSA) is 12.0 Å². The first-order valence-electron chi connectivity index (χ1n) is 8.45. The molecule has 1 heterocycles.